The molecular formula is C18H13N3O2. The minimum atomic E-state index is -0.434. The van der Waals surface area contributed by atoms with Gasteiger partial charge in [-0.2, -0.15) is 0 Å². The number of fused-ring (bicyclic) bond motifs is 1. The van der Waals surface area contributed by atoms with Gasteiger partial charge in [0.15, 0.2) is 0 Å². The molecule has 0 unspecified atom stereocenters. The highest BCUT2D eigenvalue weighted by Crippen LogP contribution is 2.13. The quantitative estimate of drug-likeness (QED) is 0.501. The van der Waals surface area contributed by atoms with Crippen LogP contribution in [-0.4, -0.2) is 16.8 Å². The number of terminal acetylenes is 1. The zero-order chi connectivity index (χ0) is 16.2. The maximum Gasteiger partial charge on any atom is 0.269 e. The minimum Gasteiger partial charge on any atom is -0.361 e. The minimum absolute atomic E-state index is 0.376. The van der Waals surface area contributed by atoms with Crippen molar-refractivity contribution < 1.29 is 9.59 Å². The number of aromatic nitrogens is 1. The van der Waals surface area contributed by atoms with E-state index in [1.165, 1.54) is 0 Å². The molecule has 23 heavy (non-hydrogen) atoms. The number of hydrogen-bond acceptors (Lipinski definition) is 2. The molecule has 0 saturated carbocycles. The highest BCUT2D eigenvalue weighted by molar-refractivity contribution is 6.00. The van der Waals surface area contributed by atoms with Crippen LogP contribution in [0.4, 0.5) is 0 Å². The third-order valence-corrected chi connectivity index (χ3v) is 3.40. The van der Waals surface area contributed by atoms with E-state index >= 15 is 0 Å². The second kappa shape index (κ2) is 6.08. The Morgan fingerprint density at radius 1 is 0.957 bits per heavy atom. The van der Waals surface area contributed by atoms with E-state index in [-0.39, 0.29) is 0 Å². The molecule has 2 aromatic carbocycles. The molecule has 0 saturated heterocycles. The summed E-state index contributed by atoms with van der Waals surface area (Å²) in [5.41, 5.74) is 7.03. The summed E-state index contributed by atoms with van der Waals surface area (Å²) in [6, 6.07) is 13.8. The lowest BCUT2D eigenvalue weighted by Gasteiger charge is -2.08. The van der Waals surface area contributed by atoms with Gasteiger partial charge in [0.05, 0.1) is 0 Å². The number of hydrazine groups is 1. The van der Waals surface area contributed by atoms with Crippen LogP contribution < -0.4 is 10.9 Å². The summed E-state index contributed by atoms with van der Waals surface area (Å²) in [7, 11) is 0. The van der Waals surface area contributed by atoms with Gasteiger partial charge in [0.1, 0.15) is 0 Å². The van der Waals surface area contributed by atoms with Crippen molar-refractivity contribution in [1.82, 2.24) is 15.8 Å². The van der Waals surface area contributed by atoms with Crippen LogP contribution in [0.1, 0.15) is 26.3 Å². The van der Waals surface area contributed by atoms with Crippen molar-refractivity contribution >= 4 is 22.7 Å². The van der Waals surface area contributed by atoms with Gasteiger partial charge in [-0.25, -0.2) is 0 Å². The van der Waals surface area contributed by atoms with E-state index in [0.717, 1.165) is 10.9 Å². The topological polar surface area (TPSA) is 74.0 Å². The number of carbonyl (C=O) groups excluding carboxylic acids is 2. The van der Waals surface area contributed by atoms with Crippen molar-refractivity contribution in [3.63, 3.8) is 0 Å². The molecule has 3 rings (SSSR count). The SMILES string of the molecule is C#Cc1cccc(C(=O)NNC(=O)c2ccc3cc[nH]c3c2)c1. The van der Waals surface area contributed by atoms with Gasteiger partial charge in [0.2, 0.25) is 0 Å². The summed E-state index contributed by atoms with van der Waals surface area (Å²) >= 11 is 0. The molecule has 1 heterocycles. The van der Waals surface area contributed by atoms with Crippen molar-refractivity contribution in [3.05, 3.63) is 71.4 Å². The summed E-state index contributed by atoms with van der Waals surface area (Å²) in [5.74, 6) is 1.62. The smallest absolute Gasteiger partial charge is 0.269 e. The van der Waals surface area contributed by atoms with Crippen molar-refractivity contribution in [1.29, 1.82) is 0 Å². The summed E-state index contributed by atoms with van der Waals surface area (Å²) < 4.78 is 0. The van der Waals surface area contributed by atoms with Gasteiger partial charge in [-0.1, -0.05) is 18.1 Å². The van der Waals surface area contributed by atoms with Crippen LogP contribution in [0.15, 0.2) is 54.7 Å². The van der Waals surface area contributed by atoms with Crippen LogP contribution in [0.25, 0.3) is 10.9 Å². The van der Waals surface area contributed by atoms with Crippen LogP contribution in [-0.2, 0) is 0 Å². The first-order valence-corrected chi connectivity index (χ1v) is 6.92. The van der Waals surface area contributed by atoms with Crippen molar-refractivity contribution in [2.75, 3.05) is 0 Å². The first-order valence-electron chi connectivity index (χ1n) is 6.92. The van der Waals surface area contributed by atoms with Crippen molar-refractivity contribution in [2.45, 2.75) is 0 Å². The Kier molecular flexibility index (Phi) is 3.81. The van der Waals surface area contributed by atoms with Crippen LogP contribution in [0.5, 0.6) is 0 Å². The fraction of sp³-hybridized carbons (Fsp3) is 0. The largest absolute Gasteiger partial charge is 0.361 e. The average Bonchev–Trinajstić information content (AvgIpc) is 3.07. The van der Waals surface area contributed by atoms with Gasteiger partial charge in [-0.3, -0.25) is 20.4 Å². The molecule has 0 bridgehead atoms. The maximum atomic E-state index is 12.1. The van der Waals surface area contributed by atoms with Gasteiger partial charge in [0, 0.05) is 28.4 Å². The second-order valence-electron chi connectivity index (χ2n) is 4.91. The van der Waals surface area contributed by atoms with E-state index < -0.39 is 11.8 Å². The van der Waals surface area contributed by atoms with Gasteiger partial charge >= 0.3 is 0 Å². The molecule has 0 radical (unpaired) electrons. The molecule has 0 atom stereocenters. The van der Waals surface area contributed by atoms with Crippen LogP contribution in [0, 0.1) is 12.3 Å². The fourth-order valence-electron chi connectivity index (χ4n) is 2.20. The number of rotatable bonds is 2. The Morgan fingerprint density at radius 3 is 2.43 bits per heavy atom. The van der Waals surface area contributed by atoms with Crippen molar-refractivity contribution in [2.24, 2.45) is 0 Å². The van der Waals surface area contributed by atoms with E-state index in [1.807, 2.05) is 12.1 Å². The highest BCUT2D eigenvalue weighted by Gasteiger charge is 2.10. The molecule has 0 fully saturated rings. The van der Waals surface area contributed by atoms with E-state index in [0.29, 0.717) is 16.7 Å². The summed E-state index contributed by atoms with van der Waals surface area (Å²) in [6.07, 6.45) is 7.10. The van der Waals surface area contributed by atoms with Crippen LogP contribution in [0.2, 0.25) is 0 Å². The molecule has 0 aliphatic carbocycles. The van der Waals surface area contributed by atoms with Crippen LogP contribution in [0.3, 0.4) is 0 Å². The van der Waals surface area contributed by atoms with Gasteiger partial charge in [-0.05, 0) is 41.8 Å². The number of hydrogen-bond donors (Lipinski definition) is 3. The summed E-state index contributed by atoms with van der Waals surface area (Å²) in [4.78, 5) is 27.1. The van der Waals surface area contributed by atoms with E-state index in [9.17, 15) is 9.59 Å². The Hall–Kier alpha value is -3.52. The zero-order valence-electron chi connectivity index (χ0n) is 12.1. The Morgan fingerprint density at radius 2 is 1.70 bits per heavy atom. The summed E-state index contributed by atoms with van der Waals surface area (Å²) in [6.45, 7) is 0. The normalized spacial score (nSPS) is 10.0. The number of benzene rings is 2. The molecule has 112 valence electrons. The lowest BCUT2D eigenvalue weighted by Crippen LogP contribution is -2.41. The second-order valence-corrected chi connectivity index (χ2v) is 4.91. The average molecular weight is 303 g/mol. The van der Waals surface area contributed by atoms with Crippen LogP contribution >= 0.6 is 0 Å². The molecule has 0 spiro atoms. The monoisotopic (exact) mass is 303 g/mol. The molecule has 3 aromatic rings. The molecule has 1 aromatic heterocycles. The molecular weight excluding hydrogens is 290 g/mol. The predicted molar refractivity (Wildman–Crippen MR) is 87.6 cm³/mol. The third-order valence-electron chi connectivity index (χ3n) is 3.40. The highest BCUT2D eigenvalue weighted by atomic mass is 16.2. The van der Waals surface area contributed by atoms with Gasteiger partial charge in [-0.15, -0.1) is 6.42 Å². The first kappa shape index (κ1) is 14.4. The number of H-pyrrole nitrogens is 1. The summed E-state index contributed by atoms with van der Waals surface area (Å²) in [5, 5.41) is 1.01. The maximum absolute atomic E-state index is 12.1. The van der Waals surface area contributed by atoms with E-state index in [2.05, 4.69) is 21.8 Å². The Bertz CT molecular complexity index is 935. The number of aromatic amines is 1. The number of amides is 2. The number of carbonyl (C=O) groups is 2. The van der Waals surface area contributed by atoms with Gasteiger partial charge in [0.25, 0.3) is 11.8 Å². The third kappa shape index (κ3) is 3.06. The zero-order valence-corrected chi connectivity index (χ0v) is 12.1. The molecule has 2 amide bonds. The van der Waals surface area contributed by atoms with E-state index in [1.54, 1.807) is 42.6 Å². The molecule has 0 aliphatic rings. The van der Waals surface area contributed by atoms with E-state index in [4.69, 9.17) is 6.42 Å². The molecule has 0 aliphatic heterocycles. The van der Waals surface area contributed by atoms with Gasteiger partial charge < -0.3 is 4.98 Å². The predicted octanol–water partition coefficient (Wildman–Crippen LogP) is 2.22. The Balaban J connectivity index is 1.68. The standard InChI is InChI=1S/C18H13N3O2/c1-2-12-4-3-5-14(10-12)17(22)20-21-18(23)15-7-6-13-8-9-19-16(13)11-15/h1,3-11,19H,(H,20,22)(H,21,23). The molecule has 5 nitrogen and oxygen atoms in total. The van der Waals surface area contributed by atoms with Crippen molar-refractivity contribution in [3.8, 4) is 12.3 Å². The molecule has 3 N–H and O–H groups in total. The Labute approximate surface area is 132 Å². The lowest BCUT2D eigenvalue weighted by molar-refractivity contribution is 0.0847. The fourth-order valence-corrected chi connectivity index (χ4v) is 2.20. The molecule has 5 heteroatoms. The first-order chi connectivity index (χ1) is 11.2. The number of nitrogens with one attached hydrogen (secondary N) is 3. The lowest BCUT2D eigenvalue weighted by atomic mass is 10.1.